The Morgan fingerprint density at radius 3 is 2.90 bits per heavy atom. The second-order valence-corrected chi connectivity index (χ2v) is 5.73. The van der Waals surface area contributed by atoms with Crippen LogP contribution in [0.25, 0.3) is 0 Å². The fourth-order valence-corrected chi connectivity index (χ4v) is 3.30. The van der Waals surface area contributed by atoms with Crippen molar-refractivity contribution >= 4 is 35.2 Å². The SMILES string of the molecule is COC(=O)c1c(N)cccc1SCC1CCC(=O)NC1=O. The average Bonchev–Trinajstić information content (AvgIpc) is 2.45. The van der Waals surface area contributed by atoms with Gasteiger partial charge in [-0.2, -0.15) is 0 Å². The van der Waals surface area contributed by atoms with Crippen LogP contribution in [0.4, 0.5) is 5.69 Å². The van der Waals surface area contributed by atoms with Gasteiger partial charge in [0.05, 0.1) is 12.7 Å². The molecule has 21 heavy (non-hydrogen) atoms. The van der Waals surface area contributed by atoms with Gasteiger partial charge in [0.25, 0.3) is 0 Å². The number of methoxy groups -OCH3 is 1. The minimum Gasteiger partial charge on any atom is -0.465 e. The van der Waals surface area contributed by atoms with Crippen LogP contribution in [-0.4, -0.2) is 30.6 Å². The van der Waals surface area contributed by atoms with Crippen molar-refractivity contribution in [1.29, 1.82) is 0 Å². The van der Waals surface area contributed by atoms with Crippen molar-refractivity contribution in [3.8, 4) is 0 Å². The molecule has 0 aromatic heterocycles. The number of imide groups is 1. The third-order valence-electron chi connectivity index (χ3n) is 3.24. The third-order valence-corrected chi connectivity index (χ3v) is 4.46. The minimum atomic E-state index is -0.501. The Labute approximate surface area is 126 Å². The van der Waals surface area contributed by atoms with Gasteiger partial charge in [-0.3, -0.25) is 14.9 Å². The Bertz CT molecular complexity index is 588. The summed E-state index contributed by atoms with van der Waals surface area (Å²) < 4.78 is 4.73. The third kappa shape index (κ3) is 3.55. The van der Waals surface area contributed by atoms with Crippen molar-refractivity contribution < 1.29 is 19.1 Å². The number of hydrogen-bond donors (Lipinski definition) is 2. The number of benzene rings is 1. The Morgan fingerprint density at radius 1 is 1.48 bits per heavy atom. The van der Waals surface area contributed by atoms with Crippen LogP contribution in [-0.2, 0) is 14.3 Å². The topological polar surface area (TPSA) is 98.5 Å². The zero-order chi connectivity index (χ0) is 15.4. The number of thioether (sulfide) groups is 1. The Kier molecular flexibility index (Phi) is 4.85. The molecule has 2 rings (SSSR count). The molecular formula is C14H16N2O4S. The lowest BCUT2D eigenvalue weighted by Gasteiger charge is -2.20. The van der Waals surface area contributed by atoms with Gasteiger partial charge in [0.2, 0.25) is 11.8 Å². The van der Waals surface area contributed by atoms with Crippen molar-refractivity contribution in [3.63, 3.8) is 0 Å². The summed E-state index contributed by atoms with van der Waals surface area (Å²) in [5.41, 5.74) is 6.47. The monoisotopic (exact) mass is 308 g/mol. The summed E-state index contributed by atoms with van der Waals surface area (Å²) in [5.74, 6) is -0.770. The molecule has 1 aliphatic heterocycles. The van der Waals surface area contributed by atoms with E-state index in [1.165, 1.54) is 18.9 Å². The number of amides is 2. The molecule has 112 valence electrons. The van der Waals surface area contributed by atoms with Crippen LogP contribution in [0.5, 0.6) is 0 Å². The maximum absolute atomic E-state index is 11.8. The highest BCUT2D eigenvalue weighted by Crippen LogP contribution is 2.30. The number of nitrogens with one attached hydrogen (secondary N) is 1. The summed E-state index contributed by atoms with van der Waals surface area (Å²) in [6.45, 7) is 0. The van der Waals surface area contributed by atoms with Crippen molar-refractivity contribution in [2.75, 3.05) is 18.6 Å². The molecule has 0 bridgehead atoms. The van der Waals surface area contributed by atoms with E-state index >= 15 is 0 Å². The van der Waals surface area contributed by atoms with Crippen LogP contribution >= 0.6 is 11.8 Å². The van der Waals surface area contributed by atoms with E-state index in [-0.39, 0.29) is 17.7 Å². The normalized spacial score (nSPS) is 18.2. The highest BCUT2D eigenvalue weighted by atomic mass is 32.2. The molecule has 1 unspecified atom stereocenters. The van der Waals surface area contributed by atoms with Gasteiger partial charge in [-0.05, 0) is 18.6 Å². The summed E-state index contributed by atoms with van der Waals surface area (Å²) >= 11 is 1.36. The van der Waals surface area contributed by atoms with Crippen LogP contribution in [0.2, 0.25) is 0 Å². The van der Waals surface area contributed by atoms with E-state index in [0.717, 1.165) is 0 Å². The Morgan fingerprint density at radius 2 is 2.24 bits per heavy atom. The maximum atomic E-state index is 11.8. The van der Waals surface area contributed by atoms with E-state index in [4.69, 9.17) is 10.5 Å². The molecule has 1 aromatic carbocycles. The van der Waals surface area contributed by atoms with E-state index < -0.39 is 5.97 Å². The first-order valence-corrected chi connectivity index (χ1v) is 7.44. The van der Waals surface area contributed by atoms with E-state index in [1.807, 2.05) is 0 Å². The number of anilines is 1. The van der Waals surface area contributed by atoms with E-state index in [9.17, 15) is 14.4 Å². The molecular weight excluding hydrogens is 292 g/mol. The van der Waals surface area contributed by atoms with Gasteiger partial charge in [-0.1, -0.05) is 6.07 Å². The Balaban J connectivity index is 2.10. The van der Waals surface area contributed by atoms with E-state index in [2.05, 4.69) is 5.32 Å². The highest BCUT2D eigenvalue weighted by molar-refractivity contribution is 7.99. The van der Waals surface area contributed by atoms with Crippen molar-refractivity contribution in [1.82, 2.24) is 5.32 Å². The number of rotatable bonds is 4. The first kappa shape index (κ1) is 15.4. The molecule has 1 aromatic rings. The number of nitrogen functional groups attached to an aromatic ring is 1. The molecule has 1 atom stereocenters. The molecule has 1 saturated heterocycles. The first-order chi connectivity index (χ1) is 10.0. The first-order valence-electron chi connectivity index (χ1n) is 6.46. The fraction of sp³-hybridized carbons (Fsp3) is 0.357. The number of carbonyl (C=O) groups is 3. The van der Waals surface area contributed by atoms with Crippen LogP contribution in [0.3, 0.4) is 0 Å². The summed E-state index contributed by atoms with van der Waals surface area (Å²) in [7, 11) is 1.30. The van der Waals surface area contributed by atoms with Crippen LogP contribution in [0.1, 0.15) is 23.2 Å². The van der Waals surface area contributed by atoms with Crippen molar-refractivity contribution in [3.05, 3.63) is 23.8 Å². The van der Waals surface area contributed by atoms with Gasteiger partial charge in [-0.15, -0.1) is 11.8 Å². The van der Waals surface area contributed by atoms with Gasteiger partial charge >= 0.3 is 5.97 Å². The van der Waals surface area contributed by atoms with Crippen LogP contribution in [0.15, 0.2) is 23.1 Å². The van der Waals surface area contributed by atoms with Crippen LogP contribution < -0.4 is 11.1 Å². The molecule has 6 nitrogen and oxygen atoms in total. The summed E-state index contributed by atoms with van der Waals surface area (Å²) in [4.78, 5) is 35.3. The van der Waals surface area contributed by atoms with E-state index in [0.29, 0.717) is 34.7 Å². The lowest BCUT2D eigenvalue weighted by molar-refractivity contribution is -0.135. The molecule has 0 radical (unpaired) electrons. The molecule has 0 aliphatic carbocycles. The number of nitrogens with two attached hydrogens (primary N) is 1. The molecule has 0 saturated carbocycles. The summed E-state index contributed by atoms with van der Waals surface area (Å²) in [5, 5.41) is 2.32. The molecule has 1 fully saturated rings. The van der Waals surface area contributed by atoms with Gasteiger partial charge in [-0.25, -0.2) is 4.79 Å². The predicted octanol–water partition coefficient (Wildman–Crippen LogP) is 1.20. The number of esters is 1. The lowest BCUT2D eigenvalue weighted by atomic mass is 10.0. The lowest BCUT2D eigenvalue weighted by Crippen LogP contribution is -2.41. The van der Waals surface area contributed by atoms with Gasteiger partial charge in [0, 0.05) is 28.7 Å². The minimum absolute atomic E-state index is 0.236. The predicted molar refractivity (Wildman–Crippen MR) is 78.8 cm³/mol. The standard InChI is InChI=1S/C14H16N2O4S/c1-20-14(19)12-9(15)3-2-4-10(12)21-7-8-5-6-11(17)16-13(8)18/h2-4,8H,5-7,15H2,1H3,(H,16,17,18). The largest absolute Gasteiger partial charge is 0.465 e. The fourth-order valence-electron chi connectivity index (χ4n) is 2.08. The molecule has 3 N–H and O–H groups in total. The number of hydrogen-bond acceptors (Lipinski definition) is 6. The molecule has 7 heteroatoms. The van der Waals surface area contributed by atoms with Crippen molar-refractivity contribution in [2.45, 2.75) is 17.7 Å². The number of carbonyl (C=O) groups excluding carboxylic acids is 3. The van der Waals surface area contributed by atoms with Gasteiger partial charge in [0.1, 0.15) is 0 Å². The van der Waals surface area contributed by atoms with Crippen molar-refractivity contribution in [2.24, 2.45) is 5.92 Å². The van der Waals surface area contributed by atoms with Crippen LogP contribution in [0, 0.1) is 5.92 Å². The highest BCUT2D eigenvalue weighted by Gasteiger charge is 2.27. The molecule has 1 heterocycles. The van der Waals surface area contributed by atoms with E-state index in [1.54, 1.807) is 18.2 Å². The second kappa shape index (κ2) is 6.62. The zero-order valence-corrected chi connectivity index (χ0v) is 12.4. The smallest absolute Gasteiger partial charge is 0.341 e. The number of piperidine rings is 1. The molecule has 2 amide bonds. The summed E-state index contributed by atoms with van der Waals surface area (Å²) in [6.07, 6.45) is 0.866. The average molecular weight is 308 g/mol. The Hall–Kier alpha value is -2.02. The van der Waals surface area contributed by atoms with Gasteiger partial charge < -0.3 is 10.5 Å². The second-order valence-electron chi connectivity index (χ2n) is 4.67. The van der Waals surface area contributed by atoms with Gasteiger partial charge in [0.15, 0.2) is 0 Å². The zero-order valence-electron chi connectivity index (χ0n) is 11.5. The quantitative estimate of drug-likeness (QED) is 0.375. The summed E-state index contributed by atoms with van der Waals surface area (Å²) in [6, 6.07) is 5.13. The molecule has 1 aliphatic rings. The molecule has 0 spiro atoms. The number of ether oxygens (including phenoxy) is 1. The maximum Gasteiger partial charge on any atom is 0.341 e.